The minimum absolute atomic E-state index is 0.208. The molecule has 2 nitrogen and oxygen atoms in total. The fourth-order valence-corrected chi connectivity index (χ4v) is 2.99. The van der Waals surface area contributed by atoms with Crippen LogP contribution in [0, 0.1) is 17.2 Å². The van der Waals surface area contributed by atoms with E-state index in [2.05, 4.69) is 25.7 Å². The molecule has 2 rings (SSSR count). The second-order valence-electron chi connectivity index (χ2n) is 6.68. The molecule has 19 heavy (non-hydrogen) atoms. The number of nitrogens with two attached hydrogens (primary N) is 1. The highest BCUT2D eigenvalue weighted by Crippen LogP contribution is 2.36. The zero-order valence-electron chi connectivity index (χ0n) is 12.2. The Morgan fingerprint density at radius 1 is 1.21 bits per heavy atom. The maximum atomic E-state index is 13.4. The third-order valence-electron chi connectivity index (χ3n) is 4.29. The molecule has 0 saturated carbocycles. The molecule has 3 heteroatoms. The first-order valence-corrected chi connectivity index (χ1v) is 7.18. The van der Waals surface area contributed by atoms with Crippen molar-refractivity contribution in [3.05, 3.63) is 24.0 Å². The van der Waals surface area contributed by atoms with Crippen LogP contribution in [0.4, 0.5) is 15.8 Å². The summed E-state index contributed by atoms with van der Waals surface area (Å²) in [6.45, 7) is 8.87. The molecule has 106 valence electrons. The van der Waals surface area contributed by atoms with Gasteiger partial charge in [0.2, 0.25) is 0 Å². The highest BCUT2D eigenvalue weighted by Gasteiger charge is 2.27. The molecular weight excluding hydrogens is 239 g/mol. The van der Waals surface area contributed by atoms with Gasteiger partial charge in [-0.05, 0) is 48.8 Å². The third kappa shape index (κ3) is 3.40. The van der Waals surface area contributed by atoms with Crippen molar-refractivity contribution in [1.29, 1.82) is 0 Å². The second-order valence-corrected chi connectivity index (χ2v) is 6.68. The smallest absolute Gasteiger partial charge is 0.125 e. The van der Waals surface area contributed by atoms with Gasteiger partial charge in [-0.1, -0.05) is 20.8 Å². The van der Waals surface area contributed by atoms with E-state index in [9.17, 15) is 4.39 Å². The summed E-state index contributed by atoms with van der Waals surface area (Å²) < 4.78 is 13.4. The minimum Gasteiger partial charge on any atom is -0.397 e. The van der Waals surface area contributed by atoms with Crippen molar-refractivity contribution in [2.24, 2.45) is 11.3 Å². The Balaban J connectivity index is 2.13. The normalized spacial score (nSPS) is 21.3. The molecule has 0 bridgehead atoms. The number of hydrogen-bond acceptors (Lipinski definition) is 2. The van der Waals surface area contributed by atoms with E-state index in [-0.39, 0.29) is 5.82 Å². The first kappa shape index (κ1) is 14.2. The topological polar surface area (TPSA) is 29.3 Å². The highest BCUT2D eigenvalue weighted by atomic mass is 19.1. The minimum atomic E-state index is -0.208. The van der Waals surface area contributed by atoms with E-state index in [0.717, 1.165) is 37.5 Å². The Labute approximate surface area is 115 Å². The molecular formula is C16H25FN2. The molecule has 0 amide bonds. The molecule has 0 radical (unpaired) electrons. The monoisotopic (exact) mass is 264 g/mol. The Bertz CT molecular complexity index is 437. The molecule has 1 aromatic carbocycles. The van der Waals surface area contributed by atoms with E-state index in [1.807, 2.05) is 0 Å². The molecule has 1 atom stereocenters. The van der Waals surface area contributed by atoms with E-state index in [0.29, 0.717) is 11.1 Å². The number of hydrogen-bond donors (Lipinski definition) is 1. The number of nitrogens with zero attached hydrogens (tertiary/aromatic N) is 1. The van der Waals surface area contributed by atoms with Gasteiger partial charge < -0.3 is 10.6 Å². The Kier molecular flexibility index (Phi) is 4.02. The third-order valence-corrected chi connectivity index (χ3v) is 4.29. The van der Waals surface area contributed by atoms with Crippen molar-refractivity contribution >= 4 is 11.4 Å². The zero-order valence-corrected chi connectivity index (χ0v) is 12.2. The largest absolute Gasteiger partial charge is 0.397 e. The van der Waals surface area contributed by atoms with Gasteiger partial charge in [-0.25, -0.2) is 4.39 Å². The van der Waals surface area contributed by atoms with Gasteiger partial charge in [-0.3, -0.25) is 0 Å². The summed E-state index contributed by atoms with van der Waals surface area (Å²) in [5.74, 6) is 0.521. The van der Waals surface area contributed by atoms with Gasteiger partial charge >= 0.3 is 0 Å². The molecule has 1 fully saturated rings. The first-order chi connectivity index (χ1) is 8.88. The van der Waals surface area contributed by atoms with Gasteiger partial charge in [0.1, 0.15) is 5.82 Å². The number of anilines is 2. The van der Waals surface area contributed by atoms with Crippen molar-refractivity contribution in [1.82, 2.24) is 0 Å². The summed E-state index contributed by atoms with van der Waals surface area (Å²) in [6, 6.07) is 4.65. The number of nitrogen functional groups attached to an aromatic ring is 1. The molecule has 0 spiro atoms. The van der Waals surface area contributed by atoms with Crippen molar-refractivity contribution in [2.45, 2.75) is 40.0 Å². The number of benzene rings is 1. The second kappa shape index (κ2) is 5.40. The van der Waals surface area contributed by atoms with E-state index in [4.69, 9.17) is 5.73 Å². The predicted octanol–water partition coefficient (Wildman–Crippen LogP) is 4.06. The van der Waals surface area contributed by atoms with Gasteiger partial charge in [0.15, 0.2) is 0 Å². The molecule has 1 heterocycles. The van der Waals surface area contributed by atoms with E-state index < -0.39 is 0 Å². The summed E-state index contributed by atoms with van der Waals surface area (Å²) in [5, 5.41) is 0. The summed E-state index contributed by atoms with van der Waals surface area (Å²) in [4.78, 5) is 2.24. The van der Waals surface area contributed by atoms with Crippen molar-refractivity contribution in [3.63, 3.8) is 0 Å². The summed E-state index contributed by atoms with van der Waals surface area (Å²) in [6.07, 6.45) is 3.55. The summed E-state index contributed by atoms with van der Waals surface area (Å²) in [5.41, 5.74) is 7.87. The van der Waals surface area contributed by atoms with Gasteiger partial charge in [0, 0.05) is 13.1 Å². The van der Waals surface area contributed by atoms with Gasteiger partial charge in [-0.15, -0.1) is 0 Å². The molecule has 2 N–H and O–H groups in total. The highest BCUT2D eigenvalue weighted by molar-refractivity contribution is 5.67. The van der Waals surface area contributed by atoms with Crippen LogP contribution in [0.5, 0.6) is 0 Å². The van der Waals surface area contributed by atoms with Crippen molar-refractivity contribution in [3.8, 4) is 0 Å². The average molecular weight is 264 g/mol. The first-order valence-electron chi connectivity index (χ1n) is 7.18. The van der Waals surface area contributed by atoms with Crippen LogP contribution in [-0.2, 0) is 0 Å². The van der Waals surface area contributed by atoms with E-state index in [1.165, 1.54) is 12.5 Å². The SMILES string of the molecule is CC(C)(C)C1CCCN(c2cc(F)ccc2N)CC1. The number of rotatable bonds is 1. The van der Waals surface area contributed by atoms with Crippen molar-refractivity contribution < 1.29 is 4.39 Å². The van der Waals surface area contributed by atoms with Crippen LogP contribution in [0.25, 0.3) is 0 Å². The molecule has 1 aromatic rings. The Morgan fingerprint density at radius 2 is 1.95 bits per heavy atom. The van der Waals surface area contributed by atoms with E-state index in [1.54, 1.807) is 12.1 Å². The predicted molar refractivity (Wildman–Crippen MR) is 79.8 cm³/mol. The van der Waals surface area contributed by atoms with Crippen LogP contribution in [0.1, 0.15) is 40.0 Å². The van der Waals surface area contributed by atoms with Gasteiger partial charge in [0.25, 0.3) is 0 Å². The molecule has 1 aliphatic heterocycles. The lowest BCUT2D eigenvalue weighted by atomic mass is 9.77. The van der Waals surface area contributed by atoms with E-state index >= 15 is 0 Å². The number of halogens is 1. The van der Waals surface area contributed by atoms with Crippen LogP contribution < -0.4 is 10.6 Å². The van der Waals surface area contributed by atoms with Crippen LogP contribution in [0.15, 0.2) is 18.2 Å². The fraction of sp³-hybridized carbons (Fsp3) is 0.625. The lowest BCUT2D eigenvalue weighted by Crippen LogP contribution is -2.26. The van der Waals surface area contributed by atoms with Crippen LogP contribution in [0.3, 0.4) is 0 Å². The van der Waals surface area contributed by atoms with Gasteiger partial charge in [0.05, 0.1) is 11.4 Å². The van der Waals surface area contributed by atoms with Crippen LogP contribution in [0.2, 0.25) is 0 Å². The zero-order chi connectivity index (χ0) is 14.0. The standard InChI is InChI=1S/C16H25FN2/c1-16(2,3)12-5-4-9-19(10-8-12)15-11-13(17)6-7-14(15)18/h6-7,11-12H,4-5,8-10,18H2,1-3H3. The lowest BCUT2D eigenvalue weighted by molar-refractivity contribution is 0.220. The Hall–Kier alpha value is -1.25. The molecule has 1 saturated heterocycles. The quantitative estimate of drug-likeness (QED) is 0.775. The Morgan fingerprint density at radius 3 is 2.63 bits per heavy atom. The van der Waals surface area contributed by atoms with Gasteiger partial charge in [-0.2, -0.15) is 0 Å². The fourth-order valence-electron chi connectivity index (χ4n) is 2.99. The maximum absolute atomic E-state index is 13.4. The van der Waals surface area contributed by atoms with Crippen LogP contribution in [-0.4, -0.2) is 13.1 Å². The molecule has 0 aliphatic carbocycles. The maximum Gasteiger partial charge on any atom is 0.125 e. The molecule has 1 aliphatic rings. The molecule has 0 aromatic heterocycles. The van der Waals surface area contributed by atoms with Crippen LogP contribution >= 0.6 is 0 Å². The lowest BCUT2D eigenvalue weighted by Gasteiger charge is -2.30. The summed E-state index contributed by atoms with van der Waals surface area (Å²) >= 11 is 0. The molecule has 1 unspecified atom stereocenters. The van der Waals surface area contributed by atoms with Crippen molar-refractivity contribution in [2.75, 3.05) is 23.7 Å². The average Bonchev–Trinajstić information content (AvgIpc) is 2.57. The summed E-state index contributed by atoms with van der Waals surface area (Å²) in [7, 11) is 0.